The van der Waals surface area contributed by atoms with Crippen LogP contribution in [0.1, 0.15) is 111 Å². The van der Waals surface area contributed by atoms with Gasteiger partial charge in [0.05, 0.1) is 0 Å². The molecule has 0 fully saturated rings. The molecule has 0 bridgehead atoms. The minimum absolute atomic E-state index is 0.190. The first-order valence-electron chi connectivity index (χ1n) is 25.7. The molecule has 6 rings (SSSR count). The van der Waals surface area contributed by atoms with Gasteiger partial charge in [0.1, 0.15) is 48.9 Å². The van der Waals surface area contributed by atoms with E-state index in [1.165, 1.54) is 22.7 Å². The molecule has 0 saturated carbocycles. The number of benzene rings is 4. The van der Waals surface area contributed by atoms with Crippen molar-refractivity contribution in [2.45, 2.75) is 156 Å². The molecule has 22 heteroatoms. The Balaban J connectivity index is 0.000000320. The Kier molecular flexibility index (Phi) is 22.4. The maximum absolute atomic E-state index is 10.7. The van der Waals surface area contributed by atoms with Crippen molar-refractivity contribution >= 4 is 104 Å². The van der Waals surface area contributed by atoms with Crippen LogP contribution in [0.25, 0.3) is 0 Å². The van der Waals surface area contributed by atoms with Gasteiger partial charge in [-0.05, 0) is 69.5 Å². The molecule has 432 valence electrons. The van der Waals surface area contributed by atoms with Crippen LogP contribution in [0.5, 0.6) is 0 Å². The molecule has 4 aromatic rings. The molecule has 76 heavy (non-hydrogen) atoms. The molecule has 0 N–H and O–H groups in total. The fourth-order valence-electron chi connectivity index (χ4n) is 10.0. The summed E-state index contributed by atoms with van der Waals surface area (Å²) in [7, 11) is -22.1. The molecule has 2 aliphatic heterocycles. The minimum atomic E-state index is -10.7. The first-order valence-corrected chi connectivity index (χ1v) is 35.7. The number of hydrogen-bond acceptors (Lipinski definition) is 2. The number of rotatable bonds is 16. The molecule has 0 spiro atoms. The van der Waals surface area contributed by atoms with Gasteiger partial charge in [-0.3, -0.25) is 0 Å². The van der Waals surface area contributed by atoms with Crippen molar-refractivity contribution in [1.82, 2.24) is 0 Å². The van der Waals surface area contributed by atoms with E-state index in [9.17, 15) is 50.4 Å². The average Bonchev–Trinajstić information content (AvgIpc) is 3.93. The van der Waals surface area contributed by atoms with Gasteiger partial charge < -0.3 is 0 Å². The molecular formula is C54H82F12N4P6. The summed E-state index contributed by atoms with van der Waals surface area (Å²) in [4.78, 5) is 5.00. The van der Waals surface area contributed by atoms with Crippen LogP contribution < -0.4 is 31.0 Å². The van der Waals surface area contributed by atoms with Gasteiger partial charge in [0.2, 0.25) is 12.7 Å². The SMILES string of the molecule is CC(C)P(c1ccccc1N1C=[N+](c2ccccc2P(C(C)C)C(C)C)CC1)C(C)C.CC(C)P(c1ccccc1N1C=[N+](c2ccccc2P(C(C)C)C(C)C)CC1)C(C)C.F[P-](F)(F)(F)(F)F.F[P-](F)(F)(F)(F)F. The van der Waals surface area contributed by atoms with Crippen molar-refractivity contribution in [2.75, 3.05) is 36.0 Å². The molecule has 4 aromatic carbocycles. The van der Waals surface area contributed by atoms with Crippen molar-refractivity contribution in [1.29, 1.82) is 0 Å². The van der Waals surface area contributed by atoms with Gasteiger partial charge in [-0.2, -0.15) is 0 Å². The topological polar surface area (TPSA) is 12.5 Å². The van der Waals surface area contributed by atoms with E-state index in [2.05, 4.69) is 239 Å². The normalized spacial score (nSPS) is 16.3. The molecule has 0 aromatic heterocycles. The van der Waals surface area contributed by atoms with Crippen molar-refractivity contribution in [3.8, 4) is 0 Å². The Hall–Kier alpha value is -2.44. The summed E-state index contributed by atoms with van der Waals surface area (Å²) in [6.45, 7) is 42.4. The Morgan fingerprint density at radius 2 is 0.526 bits per heavy atom. The van der Waals surface area contributed by atoms with Crippen LogP contribution in [-0.4, -0.2) is 93.3 Å². The Morgan fingerprint density at radius 1 is 0.329 bits per heavy atom. The molecule has 0 amide bonds. The van der Waals surface area contributed by atoms with Crippen molar-refractivity contribution in [3.63, 3.8) is 0 Å². The summed E-state index contributed by atoms with van der Waals surface area (Å²) in [6, 6.07) is 36.5. The Labute approximate surface area is 450 Å². The van der Waals surface area contributed by atoms with Crippen molar-refractivity contribution in [3.05, 3.63) is 97.1 Å². The van der Waals surface area contributed by atoms with Gasteiger partial charge >= 0.3 is 66.0 Å². The van der Waals surface area contributed by atoms with Crippen LogP contribution in [0.3, 0.4) is 0 Å². The van der Waals surface area contributed by atoms with Gasteiger partial charge in [0.25, 0.3) is 0 Å². The summed E-state index contributed by atoms with van der Waals surface area (Å²) in [5.74, 6) is 0. The third kappa shape index (κ3) is 23.3. The molecule has 0 radical (unpaired) electrons. The van der Waals surface area contributed by atoms with Crippen LogP contribution >= 0.6 is 47.3 Å². The predicted molar refractivity (Wildman–Crippen MR) is 317 cm³/mol. The second-order valence-corrected chi connectivity index (χ2v) is 38.5. The first-order chi connectivity index (χ1) is 34.3. The summed E-state index contributed by atoms with van der Waals surface area (Å²) in [6.07, 6.45) is 4.75. The van der Waals surface area contributed by atoms with E-state index in [0.29, 0.717) is 45.3 Å². The predicted octanol–water partition coefficient (Wildman–Crippen LogP) is 20.2. The molecule has 0 aliphatic carbocycles. The molecule has 2 heterocycles. The molecule has 2 aliphatic rings. The monoisotopic (exact) mass is 1200 g/mol. The number of hydrogen-bond donors (Lipinski definition) is 0. The van der Waals surface area contributed by atoms with E-state index < -0.39 is 15.6 Å². The van der Waals surface area contributed by atoms with Crippen LogP contribution in [-0.2, 0) is 0 Å². The number of para-hydroxylation sites is 4. The molecular weight excluding hydrogens is 1120 g/mol. The van der Waals surface area contributed by atoms with E-state index >= 15 is 0 Å². The third-order valence-electron chi connectivity index (χ3n) is 12.0. The van der Waals surface area contributed by atoms with Crippen molar-refractivity contribution < 1.29 is 59.5 Å². The van der Waals surface area contributed by atoms with E-state index in [4.69, 9.17) is 0 Å². The van der Waals surface area contributed by atoms with Crippen LogP contribution in [0.4, 0.5) is 73.1 Å². The van der Waals surface area contributed by atoms with Gasteiger partial charge in [0, 0.05) is 21.2 Å². The van der Waals surface area contributed by atoms with Crippen LogP contribution in [0, 0.1) is 0 Å². The molecule has 0 unspecified atom stereocenters. The Bertz CT molecular complexity index is 2360. The van der Waals surface area contributed by atoms with Gasteiger partial charge in [0.15, 0.2) is 0 Å². The van der Waals surface area contributed by atoms with Gasteiger partial charge in [-0.25, -0.2) is 19.0 Å². The number of nitrogens with zero attached hydrogens (tertiary/aromatic N) is 4. The zero-order valence-corrected chi connectivity index (χ0v) is 52.2. The quantitative estimate of drug-likeness (QED) is 0.0630. The maximum atomic E-state index is 9.87. The second-order valence-electron chi connectivity index (χ2n) is 21.3. The third-order valence-corrected chi connectivity index (χ3v) is 24.7. The zero-order valence-electron chi connectivity index (χ0n) is 46.8. The van der Waals surface area contributed by atoms with E-state index in [1.807, 2.05) is 0 Å². The molecule has 4 nitrogen and oxygen atoms in total. The summed E-state index contributed by atoms with van der Waals surface area (Å²) >= 11 is 0. The summed E-state index contributed by atoms with van der Waals surface area (Å²) in [5.41, 5.74) is 11.2. The van der Waals surface area contributed by atoms with Crippen LogP contribution in [0.15, 0.2) is 97.1 Å². The number of halogens is 12. The Morgan fingerprint density at radius 3 is 0.763 bits per heavy atom. The van der Waals surface area contributed by atoms with Gasteiger partial charge in [-0.15, -0.1) is 0 Å². The van der Waals surface area contributed by atoms with E-state index in [-0.39, 0.29) is 31.7 Å². The second kappa shape index (κ2) is 25.1. The fraction of sp³-hybridized carbons (Fsp3) is 0.519. The molecule has 0 saturated heterocycles. The van der Waals surface area contributed by atoms with E-state index in [1.54, 1.807) is 21.2 Å². The summed E-state index contributed by atoms with van der Waals surface area (Å²) < 4.78 is 123. The fourth-order valence-corrected chi connectivity index (χ4v) is 22.2. The summed E-state index contributed by atoms with van der Waals surface area (Å²) in [5, 5.41) is 6.22. The van der Waals surface area contributed by atoms with Crippen molar-refractivity contribution in [2.24, 2.45) is 0 Å². The van der Waals surface area contributed by atoms with E-state index in [0.717, 1.165) is 26.2 Å². The zero-order chi connectivity index (χ0) is 58.2. The first kappa shape index (κ1) is 67.8. The molecule has 0 atom stereocenters. The van der Waals surface area contributed by atoms with Crippen LogP contribution in [0.2, 0.25) is 0 Å². The number of anilines is 2. The standard InChI is InChI=1S/2C27H41N2P2.2F6P/c2*1-20(2)30(21(3)4)26-15-11-9-13-24(26)28-17-18-29(19-28)25-14-10-12-16-27(25)31(22(5)6)23(7)8;2*1-7(2,3,4,5)6/h2*9-16,19-23H,17-18H2,1-8H3;;/q2*+1;2*-1. The average molecular weight is 1200 g/mol. The van der Waals surface area contributed by atoms with Gasteiger partial charge in [-0.1, -0.05) is 215 Å².